The minimum Gasteiger partial charge on any atom is -0.508 e. The van der Waals surface area contributed by atoms with Gasteiger partial charge in [0, 0.05) is 60.7 Å². The molecule has 0 amide bonds. The van der Waals surface area contributed by atoms with Gasteiger partial charge in [-0.1, -0.05) is 6.07 Å². The molecule has 4 fully saturated rings. The van der Waals surface area contributed by atoms with Gasteiger partial charge in [0.1, 0.15) is 17.1 Å². The number of nitrogens with zero attached hydrogens (tertiary/aromatic N) is 4. The minimum atomic E-state index is -1.32. The number of fused-ring (bicyclic) bond motifs is 4. The van der Waals surface area contributed by atoms with Gasteiger partial charge in [-0.15, -0.1) is 0 Å². The molecule has 3 aromatic carbocycles. The molecule has 0 unspecified atom stereocenters. The number of piperazine rings is 1. The van der Waals surface area contributed by atoms with E-state index in [1.54, 1.807) is 0 Å². The van der Waals surface area contributed by atoms with Crippen LogP contribution in [0.1, 0.15) is 32.1 Å². The lowest BCUT2D eigenvalue weighted by Gasteiger charge is -2.34. The van der Waals surface area contributed by atoms with E-state index in [-0.39, 0.29) is 58.1 Å². The highest BCUT2D eigenvalue weighted by atomic mass is 19.2. The van der Waals surface area contributed by atoms with E-state index in [4.69, 9.17) is 14.5 Å². The van der Waals surface area contributed by atoms with Crippen molar-refractivity contribution in [2.45, 2.75) is 50.3 Å². The third-order valence-electron chi connectivity index (χ3n) is 9.97. The fraction of sp³-hybridized carbons (Fsp3) is 0.455. The summed E-state index contributed by atoms with van der Waals surface area (Å²) in [7, 11) is 0. The summed E-state index contributed by atoms with van der Waals surface area (Å²) in [4.78, 5) is 22.9. The van der Waals surface area contributed by atoms with Crippen molar-refractivity contribution >= 4 is 33.2 Å². The van der Waals surface area contributed by atoms with Crippen LogP contribution in [0.2, 0.25) is 0 Å². The largest absolute Gasteiger partial charge is 0.508 e. The first-order valence-electron chi connectivity index (χ1n) is 15.9. The second-order valence-electron chi connectivity index (χ2n) is 13.3. The van der Waals surface area contributed by atoms with Gasteiger partial charge in [0.05, 0.1) is 35.2 Å². The van der Waals surface area contributed by atoms with Gasteiger partial charge in [-0.2, -0.15) is 9.97 Å². The van der Waals surface area contributed by atoms with Crippen molar-refractivity contribution in [2.24, 2.45) is 5.41 Å². The first-order chi connectivity index (χ1) is 22.7. The molecule has 11 nitrogen and oxygen atoms in total. The van der Waals surface area contributed by atoms with Gasteiger partial charge in [0.25, 0.3) is 5.69 Å². The molecule has 246 valence electrons. The van der Waals surface area contributed by atoms with Crippen LogP contribution in [0.25, 0.3) is 32.8 Å². The van der Waals surface area contributed by atoms with Gasteiger partial charge < -0.3 is 30.1 Å². The SMILES string of the molecule is O=[N+]([O-])c1cc2c(N3C[C@H]4CC[C@@H](C3)N4)nc(OCC3(C[C@H]4CNCCO4)CC3)nc2c(F)c1-c1cc(O)cc2ccc(F)c(F)c12. The molecule has 3 atom stereocenters. The molecule has 3 saturated heterocycles. The zero-order chi connectivity index (χ0) is 32.4. The Kier molecular flexibility index (Phi) is 7.33. The number of rotatable bonds is 8. The quantitative estimate of drug-likeness (QED) is 0.178. The van der Waals surface area contributed by atoms with Crippen molar-refractivity contribution in [3.8, 4) is 22.9 Å². The van der Waals surface area contributed by atoms with E-state index in [9.17, 15) is 19.6 Å². The monoisotopic (exact) mass is 650 g/mol. The maximum Gasteiger partial charge on any atom is 0.319 e. The molecular weight excluding hydrogens is 617 g/mol. The second-order valence-corrected chi connectivity index (χ2v) is 13.3. The molecule has 2 bridgehead atoms. The number of hydrogen-bond donors (Lipinski definition) is 3. The highest BCUT2D eigenvalue weighted by molar-refractivity contribution is 6.04. The van der Waals surface area contributed by atoms with E-state index in [1.807, 2.05) is 4.90 Å². The standard InChI is InChI=1S/C33H33F3N6O5/c34-24-4-1-17-9-20(43)10-22(26(17)28(24)35)27-25(42(44)45)11-23-30(29(27)36)39-32(40-31(23)41-14-18-2-3-19(15-41)38-18)47-16-33(5-6-33)12-21-13-37-7-8-46-21/h1,4,9-11,18-19,21,37-38,43H,2-3,5-8,12-16H2/t18-,19+,21-/m0/s1. The van der Waals surface area contributed by atoms with Crippen LogP contribution in [0.4, 0.5) is 24.7 Å². The molecule has 4 heterocycles. The molecule has 4 aromatic rings. The zero-order valence-corrected chi connectivity index (χ0v) is 25.4. The summed E-state index contributed by atoms with van der Waals surface area (Å²) >= 11 is 0. The Morgan fingerprint density at radius 3 is 2.60 bits per heavy atom. The summed E-state index contributed by atoms with van der Waals surface area (Å²) in [5.41, 5.74) is -2.07. The Morgan fingerprint density at radius 2 is 1.89 bits per heavy atom. The predicted molar refractivity (Wildman–Crippen MR) is 167 cm³/mol. The second kappa shape index (κ2) is 11.5. The van der Waals surface area contributed by atoms with Gasteiger partial charge in [0.2, 0.25) is 0 Å². The summed E-state index contributed by atoms with van der Waals surface area (Å²) in [5.74, 6) is -3.76. The summed E-state index contributed by atoms with van der Waals surface area (Å²) in [5, 5.41) is 29.6. The number of aromatic hydroxyl groups is 1. The number of nitrogens with one attached hydrogen (secondary N) is 2. The first-order valence-corrected chi connectivity index (χ1v) is 15.9. The van der Waals surface area contributed by atoms with Crippen LogP contribution in [-0.2, 0) is 4.74 Å². The van der Waals surface area contributed by atoms with Crippen molar-refractivity contribution < 1.29 is 32.7 Å². The van der Waals surface area contributed by atoms with Crippen molar-refractivity contribution in [1.29, 1.82) is 0 Å². The Morgan fingerprint density at radius 1 is 1.11 bits per heavy atom. The van der Waals surface area contributed by atoms with Crippen LogP contribution in [0.5, 0.6) is 11.8 Å². The number of nitro groups is 1. The molecule has 3 aliphatic heterocycles. The number of phenolic OH excluding ortho intramolecular Hbond substituents is 1. The molecule has 14 heteroatoms. The van der Waals surface area contributed by atoms with Crippen LogP contribution < -0.4 is 20.3 Å². The molecular formula is C33H33F3N6O5. The smallest absolute Gasteiger partial charge is 0.319 e. The molecule has 1 aromatic heterocycles. The number of nitro benzene ring substituents is 1. The summed E-state index contributed by atoms with van der Waals surface area (Å²) in [6.45, 7) is 3.60. The predicted octanol–water partition coefficient (Wildman–Crippen LogP) is 4.96. The Bertz CT molecular complexity index is 1910. The maximum atomic E-state index is 17.0. The molecule has 1 aliphatic carbocycles. The minimum absolute atomic E-state index is 0.0447. The molecule has 0 radical (unpaired) electrons. The van der Waals surface area contributed by atoms with E-state index in [2.05, 4.69) is 15.6 Å². The summed E-state index contributed by atoms with van der Waals surface area (Å²) in [6.07, 6.45) is 4.64. The molecule has 47 heavy (non-hydrogen) atoms. The Labute approximate surface area is 267 Å². The fourth-order valence-electron chi connectivity index (χ4n) is 7.47. The van der Waals surface area contributed by atoms with E-state index in [0.717, 1.165) is 57.3 Å². The van der Waals surface area contributed by atoms with Crippen molar-refractivity contribution in [3.63, 3.8) is 0 Å². The number of ether oxygens (including phenoxy) is 2. The number of phenols is 1. The normalized spacial score (nSPS) is 23.4. The van der Waals surface area contributed by atoms with Gasteiger partial charge in [-0.05, 0) is 55.7 Å². The lowest BCUT2D eigenvalue weighted by molar-refractivity contribution is -0.384. The lowest BCUT2D eigenvalue weighted by Crippen LogP contribution is -2.51. The Hall–Kier alpha value is -4.27. The van der Waals surface area contributed by atoms with Gasteiger partial charge in [0.15, 0.2) is 17.5 Å². The van der Waals surface area contributed by atoms with Gasteiger partial charge >= 0.3 is 6.01 Å². The third-order valence-corrected chi connectivity index (χ3v) is 9.97. The summed E-state index contributed by atoms with van der Waals surface area (Å²) < 4.78 is 58.8. The maximum absolute atomic E-state index is 17.0. The average molecular weight is 651 g/mol. The third kappa shape index (κ3) is 5.47. The van der Waals surface area contributed by atoms with Crippen molar-refractivity contribution in [3.05, 3.63) is 57.9 Å². The number of hydrogen-bond acceptors (Lipinski definition) is 10. The van der Waals surface area contributed by atoms with Gasteiger partial charge in [-0.3, -0.25) is 10.1 Å². The van der Waals surface area contributed by atoms with Crippen LogP contribution in [0.3, 0.4) is 0 Å². The van der Waals surface area contributed by atoms with Crippen LogP contribution in [-0.4, -0.2) is 77.6 Å². The highest BCUT2D eigenvalue weighted by Gasteiger charge is 2.46. The molecule has 4 aliphatic rings. The molecule has 3 N–H and O–H groups in total. The fourth-order valence-corrected chi connectivity index (χ4v) is 7.47. The first kappa shape index (κ1) is 30.1. The van der Waals surface area contributed by atoms with E-state index in [1.165, 1.54) is 18.2 Å². The molecule has 0 spiro atoms. The van der Waals surface area contributed by atoms with Crippen LogP contribution in [0, 0.1) is 33.0 Å². The number of benzene rings is 3. The van der Waals surface area contributed by atoms with Crippen molar-refractivity contribution in [2.75, 3.05) is 44.3 Å². The molecule has 1 saturated carbocycles. The topological polar surface area (TPSA) is 135 Å². The van der Waals surface area contributed by atoms with Crippen LogP contribution in [0.15, 0.2) is 30.3 Å². The number of halogens is 3. The molecule has 8 rings (SSSR count). The van der Waals surface area contributed by atoms with Crippen LogP contribution >= 0.6 is 0 Å². The summed E-state index contributed by atoms with van der Waals surface area (Å²) in [6, 6.07) is 5.72. The van der Waals surface area contributed by atoms with Gasteiger partial charge in [-0.25, -0.2) is 13.2 Å². The number of anilines is 1. The highest BCUT2D eigenvalue weighted by Crippen LogP contribution is 2.50. The lowest BCUT2D eigenvalue weighted by atomic mass is 9.94. The van der Waals surface area contributed by atoms with E-state index in [0.29, 0.717) is 25.5 Å². The van der Waals surface area contributed by atoms with Crippen molar-refractivity contribution in [1.82, 2.24) is 20.6 Å². The average Bonchev–Trinajstić information content (AvgIpc) is 3.74. The number of aromatic nitrogens is 2. The van der Waals surface area contributed by atoms with E-state index >= 15 is 8.78 Å². The zero-order valence-electron chi connectivity index (χ0n) is 25.4. The van der Waals surface area contributed by atoms with E-state index < -0.39 is 44.8 Å². The Balaban J connectivity index is 1.28. The number of morpholine rings is 1.